The molecule has 2 heterocycles. The highest BCUT2D eigenvalue weighted by Crippen LogP contribution is 2.14. The van der Waals surface area contributed by atoms with E-state index in [2.05, 4.69) is 10.3 Å². The van der Waals surface area contributed by atoms with E-state index in [1.165, 1.54) is 12.1 Å². The van der Waals surface area contributed by atoms with E-state index >= 15 is 0 Å². The van der Waals surface area contributed by atoms with Crippen LogP contribution >= 0.6 is 0 Å². The summed E-state index contributed by atoms with van der Waals surface area (Å²) in [6.45, 7) is 3.90. The van der Waals surface area contributed by atoms with Gasteiger partial charge in [-0.1, -0.05) is 12.1 Å². The number of hydrogen-bond acceptors (Lipinski definition) is 5. The maximum absolute atomic E-state index is 12.3. The van der Waals surface area contributed by atoms with Gasteiger partial charge in [-0.15, -0.1) is 0 Å². The summed E-state index contributed by atoms with van der Waals surface area (Å²) >= 11 is 0. The molecular weight excluding hydrogens is 362 g/mol. The Morgan fingerprint density at radius 3 is 2.39 bits per heavy atom. The first-order chi connectivity index (χ1) is 13.4. The molecule has 0 saturated carbocycles. The highest BCUT2D eigenvalue weighted by atomic mass is 16.5. The molecule has 0 spiro atoms. The number of anilines is 1. The molecule has 1 aliphatic heterocycles. The third kappa shape index (κ3) is 4.72. The minimum absolute atomic E-state index is 0.0540. The molecule has 2 N–H and O–H groups in total. The second kappa shape index (κ2) is 8.62. The first kappa shape index (κ1) is 19.5. The van der Waals surface area contributed by atoms with Gasteiger partial charge in [0.25, 0.3) is 5.91 Å². The third-order valence-corrected chi connectivity index (χ3v) is 4.48. The van der Waals surface area contributed by atoms with E-state index in [0.29, 0.717) is 38.4 Å². The van der Waals surface area contributed by atoms with Crippen molar-refractivity contribution >= 4 is 23.5 Å². The summed E-state index contributed by atoms with van der Waals surface area (Å²) in [5.41, 5.74) is 1.89. The Labute approximate surface area is 162 Å². The number of carbonyl (C=O) groups is 3. The topological polar surface area (TPSA) is 109 Å². The van der Waals surface area contributed by atoms with Crippen LogP contribution in [0.4, 0.5) is 5.69 Å². The summed E-state index contributed by atoms with van der Waals surface area (Å²) in [7, 11) is 0. The number of carbonyl (C=O) groups excluding carboxylic acids is 2. The summed E-state index contributed by atoms with van der Waals surface area (Å²) in [5, 5.41) is 11.7. The van der Waals surface area contributed by atoms with Crippen molar-refractivity contribution in [1.29, 1.82) is 0 Å². The molecule has 0 bridgehead atoms. The van der Waals surface area contributed by atoms with Crippen LogP contribution in [0.15, 0.2) is 36.4 Å². The van der Waals surface area contributed by atoms with Gasteiger partial charge < -0.3 is 20.1 Å². The Hall–Kier alpha value is -3.26. The summed E-state index contributed by atoms with van der Waals surface area (Å²) in [4.78, 5) is 41.5. The zero-order chi connectivity index (χ0) is 20.1. The van der Waals surface area contributed by atoms with Crippen LogP contribution in [0.2, 0.25) is 0 Å². The molecule has 146 valence electrons. The molecule has 3 rings (SSSR count). The van der Waals surface area contributed by atoms with Crippen molar-refractivity contribution in [3.05, 3.63) is 58.9 Å². The molecular formula is C20H21N3O5. The van der Waals surface area contributed by atoms with Crippen LogP contribution in [0, 0.1) is 6.92 Å². The molecule has 8 heteroatoms. The lowest BCUT2D eigenvalue weighted by molar-refractivity contribution is -0.134. The van der Waals surface area contributed by atoms with Gasteiger partial charge >= 0.3 is 5.97 Å². The molecule has 8 nitrogen and oxygen atoms in total. The van der Waals surface area contributed by atoms with Gasteiger partial charge in [-0.25, -0.2) is 9.78 Å². The van der Waals surface area contributed by atoms with Crippen molar-refractivity contribution in [2.45, 2.75) is 13.3 Å². The lowest BCUT2D eigenvalue weighted by atomic mass is 10.1. The number of morpholine rings is 1. The van der Waals surface area contributed by atoms with Crippen LogP contribution in [0.1, 0.15) is 32.1 Å². The van der Waals surface area contributed by atoms with Crippen molar-refractivity contribution in [2.75, 3.05) is 31.6 Å². The van der Waals surface area contributed by atoms with Gasteiger partial charge in [0.2, 0.25) is 5.91 Å². The molecule has 2 amide bonds. The Kier molecular flexibility index (Phi) is 6.00. The van der Waals surface area contributed by atoms with Gasteiger partial charge in [0, 0.05) is 18.8 Å². The number of benzene rings is 1. The number of aryl methyl sites for hydroxylation is 1. The zero-order valence-corrected chi connectivity index (χ0v) is 15.5. The van der Waals surface area contributed by atoms with E-state index in [4.69, 9.17) is 9.84 Å². The van der Waals surface area contributed by atoms with Crippen LogP contribution in [0.3, 0.4) is 0 Å². The number of rotatable bonds is 5. The predicted molar refractivity (Wildman–Crippen MR) is 101 cm³/mol. The normalized spacial score (nSPS) is 13.8. The van der Waals surface area contributed by atoms with Gasteiger partial charge in [-0.2, -0.15) is 0 Å². The number of pyridine rings is 1. The van der Waals surface area contributed by atoms with Gasteiger partial charge in [0.15, 0.2) is 0 Å². The average Bonchev–Trinajstić information content (AvgIpc) is 2.69. The fourth-order valence-electron chi connectivity index (χ4n) is 2.91. The molecule has 1 aromatic heterocycles. The fraction of sp³-hybridized carbons (Fsp3) is 0.300. The van der Waals surface area contributed by atoms with Crippen LogP contribution < -0.4 is 5.32 Å². The molecule has 28 heavy (non-hydrogen) atoms. The first-order valence-electron chi connectivity index (χ1n) is 8.91. The van der Waals surface area contributed by atoms with E-state index in [-0.39, 0.29) is 22.9 Å². The van der Waals surface area contributed by atoms with Gasteiger partial charge in [0.1, 0.15) is 5.69 Å². The SMILES string of the molecule is Cc1nc(C(=O)Nc2ccc(CC(=O)N3CCOCC3)cc2)ccc1C(=O)O. The van der Waals surface area contributed by atoms with Gasteiger partial charge in [-0.05, 0) is 36.8 Å². The zero-order valence-electron chi connectivity index (χ0n) is 15.5. The molecule has 1 aromatic carbocycles. The molecule has 0 radical (unpaired) electrons. The van der Waals surface area contributed by atoms with Crippen LogP contribution in [-0.2, 0) is 16.0 Å². The molecule has 1 aliphatic rings. The fourth-order valence-corrected chi connectivity index (χ4v) is 2.91. The molecule has 2 aromatic rings. The van der Waals surface area contributed by atoms with E-state index in [0.717, 1.165) is 5.56 Å². The highest BCUT2D eigenvalue weighted by molar-refractivity contribution is 6.03. The van der Waals surface area contributed by atoms with E-state index in [1.54, 1.807) is 36.1 Å². The predicted octanol–water partition coefficient (Wildman–Crippen LogP) is 1.74. The average molecular weight is 383 g/mol. The monoisotopic (exact) mass is 383 g/mol. The number of nitrogens with one attached hydrogen (secondary N) is 1. The van der Waals surface area contributed by atoms with Crippen LogP contribution in [-0.4, -0.2) is 59.1 Å². The number of aromatic nitrogens is 1. The summed E-state index contributed by atoms with van der Waals surface area (Å²) in [6, 6.07) is 9.76. The van der Waals surface area contributed by atoms with Crippen molar-refractivity contribution < 1.29 is 24.2 Å². The molecule has 0 aliphatic carbocycles. The number of carboxylic acid groups (broad SMARTS) is 1. The molecule has 0 atom stereocenters. The quantitative estimate of drug-likeness (QED) is 0.814. The first-order valence-corrected chi connectivity index (χ1v) is 8.91. The Bertz CT molecular complexity index is 889. The Balaban J connectivity index is 1.60. The number of nitrogens with zero attached hydrogens (tertiary/aromatic N) is 2. The maximum atomic E-state index is 12.3. The number of hydrogen-bond donors (Lipinski definition) is 2. The molecule has 1 saturated heterocycles. The van der Waals surface area contributed by atoms with Gasteiger partial charge in [-0.3, -0.25) is 9.59 Å². The van der Waals surface area contributed by atoms with Crippen molar-refractivity contribution in [3.8, 4) is 0 Å². The minimum Gasteiger partial charge on any atom is -0.478 e. The number of ether oxygens (including phenoxy) is 1. The second-order valence-electron chi connectivity index (χ2n) is 6.46. The molecule has 0 unspecified atom stereocenters. The lowest BCUT2D eigenvalue weighted by Gasteiger charge is -2.26. The summed E-state index contributed by atoms with van der Waals surface area (Å²) in [5.74, 6) is -1.46. The number of carboxylic acids is 1. The maximum Gasteiger partial charge on any atom is 0.337 e. The molecule has 1 fully saturated rings. The Morgan fingerprint density at radius 2 is 1.79 bits per heavy atom. The van der Waals surface area contributed by atoms with Crippen LogP contribution in [0.25, 0.3) is 0 Å². The van der Waals surface area contributed by atoms with E-state index in [1.807, 2.05) is 0 Å². The summed E-state index contributed by atoms with van der Waals surface area (Å²) in [6.07, 6.45) is 0.297. The Morgan fingerprint density at radius 1 is 1.11 bits per heavy atom. The second-order valence-corrected chi connectivity index (χ2v) is 6.46. The third-order valence-electron chi connectivity index (χ3n) is 4.48. The number of aromatic carboxylic acids is 1. The van der Waals surface area contributed by atoms with Crippen molar-refractivity contribution in [1.82, 2.24) is 9.88 Å². The smallest absolute Gasteiger partial charge is 0.337 e. The largest absolute Gasteiger partial charge is 0.478 e. The lowest BCUT2D eigenvalue weighted by Crippen LogP contribution is -2.41. The van der Waals surface area contributed by atoms with E-state index < -0.39 is 11.9 Å². The standard InChI is InChI=1S/C20H21N3O5/c1-13-16(20(26)27)6-7-17(21-13)19(25)22-15-4-2-14(3-5-15)12-18(24)23-8-10-28-11-9-23/h2-7H,8-12H2,1H3,(H,22,25)(H,26,27). The number of amides is 2. The van der Waals surface area contributed by atoms with Crippen molar-refractivity contribution in [3.63, 3.8) is 0 Å². The highest BCUT2D eigenvalue weighted by Gasteiger charge is 2.17. The van der Waals surface area contributed by atoms with Crippen molar-refractivity contribution in [2.24, 2.45) is 0 Å². The van der Waals surface area contributed by atoms with E-state index in [9.17, 15) is 14.4 Å². The minimum atomic E-state index is -1.08. The van der Waals surface area contributed by atoms with Crippen LogP contribution in [0.5, 0.6) is 0 Å². The summed E-state index contributed by atoms with van der Waals surface area (Å²) < 4.78 is 5.25. The van der Waals surface area contributed by atoms with Gasteiger partial charge in [0.05, 0.1) is 30.9 Å².